The van der Waals surface area contributed by atoms with E-state index in [1.54, 1.807) is 6.92 Å². The molecule has 0 amide bonds. The molecule has 0 aliphatic heterocycles. The normalized spacial score (nSPS) is 12.5. The predicted octanol–water partition coefficient (Wildman–Crippen LogP) is 3.52. The van der Waals surface area contributed by atoms with Gasteiger partial charge < -0.3 is 10.0 Å². The summed E-state index contributed by atoms with van der Waals surface area (Å²) in [7, 11) is 0. The van der Waals surface area contributed by atoms with E-state index in [0.29, 0.717) is 17.5 Å². The molecule has 0 saturated heterocycles. The summed E-state index contributed by atoms with van der Waals surface area (Å²) in [6, 6.07) is 7.54. The van der Waals surface area contributed by atoms with Crippen LogP contribution in [0.1, 0.15) is 20.8 Å². The zero-order valence-corrected chi connectivity index (χ0v) is 11.8. The van der Waals surface area contributed by atoms with Crippen molar-refractivity contribution in [2.75, 3.05) is 18.0 Å². The van der Waals surface area contributed by atoms with Gasteiger partial charge in [0, 0.05) is 23.8 Å². The number of halogens is 1. The summed E-state index contributed by atoms with van der Waals surface area (Å²) in [5.41, 5.74) is 0.976. The predicted molar refractivity (Wildman–Crippen MR) is 75.3 cm³/mol. The monoisotopic (exact) mass is 269 g/mol. The van der Waals surface area contributed by atoms with Gasteiger partial charge in [0.15, 0.2) is 0 Å². The van der Waals surface area contributed by atoms with Gasteiger partial charge in [0.05, 0.1) is 5.92 Å². The molecular formula is C14H20ClNO2. The Morgan fingerprint density at radius 3 is 2.50 bits per heavy atom. The number of carbonyl (C=O) groups is 1. The molecule has 3 nitrogen and oxygen atoms in total. The molecule has 0 aliphatic rings. The Kier molecular flexibility index (Phi) is 5.48. The number of carboxylic acids is 1. The van der Waals surface area contributed by atoms with Gasteiger partial charge in [-0.05, 0) is 24.1 Å². The molecule has 1 rings (SSSR count). The van der Waals surface area contributed by atoms with E-state index in [-0.39, 0.29) is 0 Å². The third-order valence-corrected chi connectivity index (χ3v) is 2.91. The molecule has 1 N–H and O–H groups in total. The number of aliphatic carboxylic acids is 1. The molecule has 0 bridgehead atoms. The van der Waals surface area contributed by atoms with E-state index < -0.39 is 11.9 Å². The van der Waals surface area contributed by atoms with E-state index in [9.17, 15) is 4.79 Å². The molecule has 0 aromatic heterocycles. The van der Waals surface area contributed by atoms with Crippen LogP contribution in [0.2, 0.25) is 5.02 Å². The van der Waals surface area contributed by atoms with Crippen molar-refractivity contribution in [2.45, 2.75) is 20.8 Å². The molecule has 0 fully saturated rings. The van der Waals surface area contributed by atoms with Crippen molar-refractivity contribution in [3.63, 3.8) is 0 Å². The summed E-state index contributed by atoms with van der Waals surface area (Å²) in [5, 5.41) is 9.68. The van der Waals surface area contributed by atoms with E-state index in [2.05, 4.69) is 18.7 Å². The van der Waals surface area contributed by atoms with Crippen molar-refractivity contribution in [3.05, 3.63) is 29.3 Å². The van der Waals surface area contributed by atoms with E-state index in [1.165, 1.54) is 0 Å². The molecule has 1 aromatic carbocycles. The Bertz CT molecular complexity index is 407. The summed E-state index contributed by atoms with van der Waals surface area (Å²) in [5.74, 6) is -0.710. The Hall–Kier alpha value is -1.22. The molecule has 1 atom stereocenters. The van der Waals surface area contributed by atoms with E-state index in [0.717, 1.165) is 12.2 Å². The van der Waals surface area contributed by atoms with Crippen LogP contribution in [0.3, 0.4) is 0 Å². The van der Waals surface area contributed by atoms with Gasteiger partial charge in [-0.25, -0.2) is 0 Å². The zero-order valence-electron chi connectivity index (χ0n) is 11.1. The van der Waals surface area contributed by atoms with Gasteiger partial charge in [0.2, 0.25) is 0 Å². The largest absolute Gasteiger partial charge is 0.481 e. The molecule has 4 heteroatoms. The van der Waals surface area contributed by atoms with Crippen LogP contribution >= 0.6 is 11.6 Å². The Morgan fingerprint density at radius 2 is 2.00 bits per heavy atom. The van der Waals surface area contributed by atoms with Crippen LogP contribution in [0.15, 0.2) is 24.3 Å². The van der Waals surface area contributed by atoms with Crippen molar-refractivity contribution in [2.24, 2.45) is 11.8 Å². The number of anilines is 1. The fraction of sp³-hybridized carbons (Fsp3) is 0.500. The van der Waals surface area contributed by atoms with Crippen molar-refractivity contribution in [1.82, 2.24) is 0 Å². The minimum absolute atomic E-state index is 0.400. The summed E-state index contributed by atoms with van der Waals surface area (Å²) < 4.78 is 0. The molecular weight excluding hydrogens is 250 g/mol. The number of hydrogen-bond donors (Lipinski definition) is 1. The molecule has 1 unspecified atom stereocenters. The van der Waals surface area contributed by atoms with Crippen LogP contribution in [-0.2, 0) is 4.79 Å². The number of carboxylic acid groups (broad SMARTS) is 1. The van der Waals surface area contributed by atoms with Crippen LogP contribution in [-0.4, -0.2) is 24.2 Å². The summed E-state index contributed by atoms with van der Waals surface area (Å²) in [6.45, 7) is 7.26. The first-order valence-electron chi connectivity index (χ1n) is 6.13. The summed E-state index contributed by atoms with van der Waals surface area (Å²) in [4.78, 5) is 13.0. The molecule has 0 heterocycles. The highest BCUT2D eigenvalue weighted by Gasteiger charge is 2.17. The average Bonchev–Trinajstić information content (AvgIpc) is 2.27. The van der Waals surface area contributed by atoms with Crippen LogP contribution in [0.5, 0.6) is 0 Å². The van der Waals surface area contributed by atoms with Crippen LogP contribution in [0.4, 0.5) is 5.69 Å². The second-order valence-electron chi connectivity index (χ2n) is 5.02. The maximum absolute atomic E-state index is 11.0. The molecule has 0 radical (unpaired) electrons. The second kappa shape index (κ2) is 6.64. The smallest absolute Gasteiger partial charge is 0.308 e. The van der Waals surface area contributed by atoms with Gasteiger partial charge >= 0.3 is 5.97 Å². The van der Waals surface area contributed by atoms with Crippen molar-refractivity contribution in [1.29, 1.82) is 0 Å². The third-order valence-electron chi connectivity index (χ3n) is 2.67. The van der Waals surface area contributed by atoms with Gasteiger partial charge in [-0.2, -0.15) is 0 Å². The maximum atomic E-state index is 11.0. The van der Waals surface area contributed by atoms with Crippen molar-refractivity contribution < 1.29 is 9.90 Å². The SMILES string of the molecule is CC(C)CN(CC(C)C(=O)O)c1cccc(Cl)c1. The van der Waals surface area contributed by atoms with Gasteiger partial charge in [-0.3, -0.25) is 4.79 Å². The summed E-state index contributed by atoms with van der Waals surface area (Å²) in [6.07, 6.45) is 0. The first kappa shape index (κ1) is 14.8. The number of benzene rings is 1. The van der Waals surface area contributed by atoms with Gasteiger partial charge in [0.25, 0.3) is 0 Å². The Labute approximate surface area is 113 Å². The molecule has 1 aromatic rings. The van der Waals surface area contributed by atoms with Crippen LogP contribution < -0.4 is 4.90 Å². The Balaban J connectivity index is 2.87. The van der Waals surface area contributed by atoms with E-state index in [4.69, 9.17) is 16.7 Å². The highest BCUT2D eigenvalue weighted by atomic mass is 35.5. The molecule has 18 heavy (non-hydrogen) atoms. The first-order chi connectivity index (χ1) is 8.40. The highest BCUT2D eigenvalue weighted by molar-refractivity contribution is 6.30. The van der Waals surface area contributed by atoms with Crippen LogP contribution in [0.25, 0.3) is 0 Å². The lowest BCUT2D eigenvalue weighted by atomic mass is 10.1. The van der Waals surface area contributed by atoms with Crippen molar-refractivity contribution in [3.8, 4) is 0 Å². The lowest BCUT2D eigenvalue weighted by Crippen LogP contribution is -2.34. The van der Waals surface area contributed by atoms with Crippen molar-refractivity contribution >= 4 is 23.3 Å². The first-order valence-corrected chi connectivity index (χ1v) is 6.51. The van der Waals surface area contributed by atoms with Crippen LogP contribution in [0, 0.1) is 11.8 Å². The van der Waals surface area contributed by atoms with Gasteiger partial charge in [-0.1, -0.05) is 38.4 Å². The molecule has 100 valence electrons. The standard InChI is InChI=1S/C14H20ClNO2/c1-10(2)8-16(9-11(3)14(17)18)13-6-4-5-12(15)7-13/h4-7,10-11H,8-9H2,1-3H3,(H,17,18). The number of hydrogen-bond acceptors (Lipinski definition) is 2. The van der Waals surface area contributed by atoms with Gasteiger partial charge in [0.1, 0.15) is 0 Å². The topological polar surface area (TPSA) is 40.5 Å². The average molecular weight is 270 g/mol. The third kappa shape index (κ3) is 4.57. The number of nitrogens with zero attached hydrogens (tertiary/aromatic N) is 1. The molecule has 0 aliphatic carbocycles. The lowest BCUT2D eigenvalue weighted by molar-refractivity contribution is -0.140. The Morgan fingerprint density at radius 1 is 1.33 bits per heavy atom. The molecule has 0 spiro atoms. The zero-order chi connectivity index (χ0) is 13.7. The van der Waals surface area contributed by atoms with E-state index >= 15 is 0 Å². The minimum atomic E-state index is -0.772. The highest BCUT2D eigenvalue weighted by Crippen LogP contribution is 2.21. The lowest BCUT2D eigenvalue weighted by Gasteiger charge is -2.28. The maximum Gasteiger partial charge on any atom is 0.308 e. The number of rotatable bonds is 6. The fourth-order valence-corrected chi connectivity index (χ4v) is 1.99. The second-order valence-corrected chi connectivity index (χ2v) is 5.45. The van der Waals surface area contributed by atoms with Gasteiger partial charge in [-0.15, -0.1) is 0 Å². The minimum Gasteiger partial charge on any atom is -0.481 e. The van der Waals surface area contributed by atoms with E-state index in [1.807, 2.05) is 24.3 Å². The molecule has 0 saturated carbocycles. The quantitative estimate of drug-likeness (QED) is 0.859. The fourth-order valence-electron chi connectivity index (χ4n) is 1.81. The summed E-state index contributed by atoms with van der Waals surface area (Å²) >= 11 is 5.98.